The summed E-state index contributed by atoms with van der Waals surface area (Å²) in [5.74, 6) is 0. The van der Waals surface area contributed by atoms with Gasteiger partial charge in [-0.2, -0.15) is 0 Å². The van der Waals surface area contributed by atoms with Gasteiger partial charge in [0.05, 0.1) is 12.7 Å². The number of aliphatic hydroxyl groups is 1. The highest BCUT2D eigenvalue weighted by atomic mass is 16.5. The second kappa shape index (κ2) is 9.31. The van der Waals surface area contributed by atoms with Crippen molar-refractivity contribution in [2.24, 2.45) is 0 Å². The summed E-state index contributed by atoms with van der Waals surface area (Å²) >= 11 is 0. The highest BCUT2D eigenvalue weighted by molar-refractivity contribution is 5.38. The van der Waals surface area contributed by atoms with Gasteiger partial charge >= 0.3 is 0 Å². The fourth-order valence-electron chi connectivity index (χ4n) is 3.81. The van der Waals surface area contributed by atoms with Crippen molar-refractivity contribution in [2.45, 2.75) is 45.3 Å². The van der Waals surface area contributed by atoms with Crippen molar-refractivity contribution in [3.05, 3.63) is 70.8 Å². The third kappa shape index (κ3) is 4.94. The molecule has 2 aromatic carbocycles. The van der Waals surface area contributed by atoms with Crippen LogP contribution in [0.15, 0.2) is 48.5 Å². The lowest BCUT2D eigenvalue weighted by Crippen LogP contribution is -2.38. The average Bonchev–Trinajstić information content (AvgIpc) is 2.65. The summed E-state index contributed by atoms with van der Waals surface area (Å²) in [6, 6.07) is 16.7. The molecule has 26 heavy (non-hydrogen) atoms. The number of aryl methyl sites for hydroxylation is 2. The maximum atomic E-state index is 10.5. The summed E-state index contributed by atoms with van der Waals surface area (Å²) in [4.78, 5) is 2.36. The maximum absolute atomic E-state index is 10.5. The number of aliphatic hydroxyl groups excluding tert-OH is 1. The number of ether oxygens (including phenoxy) is 1. The molecule has 1 fully saturated rings. The Hall–Kier alpha value is -1.68. The topological polar surface area (TPSA) is 32.7 Å². The van der Waals surface area contributed by atoms with E-state index in [0.717, 1.165) is 13.1 Å². The van der Waals surface area contributed by atoms with Crippen molar-refractivity contribution >= 4 is 0 Å². The first-order valence-electron chi connectivity index (χ1n) is 9.78. The van der Waals surface area contributed by atoms with E-state index < -0.39 is 6.10 Å². The van der Waals surface area contributed by atoms with Gasteiger partial charge in [-0.15, -0.1) is 0 Å². The zero-order valence-electron chi connectivity index (χ0n) is 16.0. The molecule has 1 N–H and O–H groups in total. The van der Waals surface area contributed by atoms with Crippen molar-refractivity contribution in [3.8, 4) is 0 Å². The molecule has 3 heteroatoms. The fraction of sp³-hybridized carbons (Fsp3) is 0.478. The van der Waals surface area contributed by atoms with Crippen LogP contribution in [0.4, 0.5) is 0 Å². The van der Waals surface area contributed by atoms with E-state index in [4.69, 9.17) is 4.74 Å². The summed E-state index contributed by atoms with van der Waals surface area (Å²) in [5, 5.41) is 10.5. The highest BCUT2D eigenvalue weighted by Crippen LogP contribution is 2.30. The van der Waals surface area contributed by atoms with Gasteiger partial charge in [-0.25, -0.2) is 0 Å². The Balaban J connectivity index is 1.72. The van der Waals surface area contributed by atoms with Gasteiger partial charge in [0.25, 0.3) is 0 Å². The summed E-state index contributed by atoms with van der Waals surface area (Å²) in [6.45, 7) is 7.48. The van der Waals surface area contributed by atoms with Gasteiger partial charge < -0.3 is 14.7 Å². The molecule has 1 aliphatic rings. The first kappa shape index (κ1) is 19.1. The molecule has 140 valence electrons. The third-order valence-electron chi connectivity index (χ3n) is 5.31. The number of benzene rings is 2. The van der Waals surface area contributed by atoms with Gasteiger partial charge in [0.15, 0.2) is 0 Å². The molecule has 1 saturated heterocycles. The summed E-state index contributed by atoms with van der Waals surface area (Å²) < 4.78 is 6.30. The van der Waals surface area contributed by atoms with Gasteiger partial charge in [0.1, 0.15) is 6.10 Å². The highest BCUT2D eigenvalue weighted by Gasteiger charge is 2.21. The van der Waals surface area contributed by atoms with E-state index >= 15 is 0 Å². The predicted octanol–water partition coefficient (Wildman–Crippen LogP) is 4.26. The predicted molar refractivity (Wildman–Crippen MR) is 106 cm³/mol. The summed E-state index contributed by atoms with van der Waals surface area (Å²) in [6.07, 6.45) is 3.19. The minimum absolute atomic E-state index is 0.145. The van der Waals surface area contributed by atoms with Gasteiger partial charge in [-0.1, -0.05) is 55.0 Å². The van der Waals surface area contributed by atoms with Crippen molar-refractivity contribution < 1.29 is 9.84 Å². The first-order valence-corrected chi connectivity index (χ1v) is 9.78. The van der Waals surface area contributed by atoms with Crippen LogP contribution in [0.2, 0.25) is 0 Å². The molecule has 0 unspecified atom stereocenters. The molecular weight excluding hydrogens is 322 g/mol. The largest absolute Gasteiger partial charge is 0.389 e. The van der Waals surface area contributed by atoms with Crippen molar-refractivity contribution in [1.29, 1.82) is 0 Å². The molecule has 1 aliphatic heterocycles. The molecule has 3 nitrogen and oxygen atoms in total. The van der Waals surface area contributed by atoms with Gasteiger partial charge in [0, 0.05) is 6.54 Å². The second-order valence-corrected chi connectivity index (χ2v) is 7.44. The normalized spacial score (nSPS) is 16.8. The van der Waals surface area contributed by atoms with E-state index in [-0.39, 0.29) is 6.10 Å². The number of likely N-dealkylation sites (tertiary alicyclic amines) is 1. The number of hydrogen-bond donors (Lipinski definition) is 1. The molecule has 1 heterocycles. The summed E-state index contributed by atoms with van der Waals surface area (Å²) in [5.41, 5.74) is 4.77. The van der Waals surface area contributed by atoms with Crippen LogP contribution in [0.25, 0.3) is 0 Å². The zero-order chi connectivity index (χ0) is 18.4. The van der Waals surface area contributed by atoms with Crippen LogP contribution in [-0.4, -0.2) is 42.4 Å². The number of hydrogen-bond acceptors (Lipinski definition) is 3. The molecule has 0 aliphatic carbocycles. The molecule has 1 atom stereocenters. The maximum Gasteiger partial charge on any atom is 0.108 e. The van der Waals surface area contributed by atoms with E-state index in [1.54, 1.807) is 0 Å². The van der Waals surface area contributed by atoms with Crippen molar-refractivity contribution in [3.63, 3.8) is 0 Å². The van der Waals surface area contributed by atoms with E-state index in [9.17, 15) is 5.11 Å². The quantitative estimate of drug-likeness (QED) is 0.807. The lowest BCUT2D eigenvalue weighted by atomic mass is 9.94. The van der Waals surface area contributed by atoms with Crippen LogP contribution in [0.5, 0.6) is 0 Å². The zero-order valence-corrected chi connectivity index (χ0v) is 16.0. The average molecular weight is 354 g/mol. The van der Waals surface area contributed by atoms with E-state index in [2.05, 4.69) is 67.3 Å². The number of rotatable bonds is 7. The fourth-order valence-corrected chi connectivity index (χ4v) is 3.81. The lowest BCUT2D eigenvalue weighted by Gasteiger charge is -2.29. The van der Waals surface area contributed by atoms with Gasteiger partial charge in [0.2, 0.25) is 0 Å². The Morgan fingerprint density at radius 3 is 1.96 bits per heavy atom. The molecule has 0 bridgehead atoms. The smallest absolute Gasteiger partial charge is 0.108 e. The third-order valence-corrected chi connectivity index (χ3v) is 5.31. The van der Waals surface area contributed by atoms with E-state index in [0.29, 0.717) is 13.2 Å². The SMILES string of the molecule is Cc1ccccc1C(OC[C@@H](O)CN1CCCCC1)c1ccccc1C. The van der Waals surface area contributed by atoms with Crippen LogP contribution in [0.1, 0.15) is 47.6 Å². The standard InChI is InChI=1S/C23H31NO2/c1-18-10-4-6-12-21(18)23(22-13-7-5-11-19(22)2)26-17-20(25)16-24-14-8-3-9-15-24/h4-7,10-13,20,23,25H,3,8-9,14-17H2,1-2H3/t20-/m0/s1. The molecule has 0 saturated carbocycles. The minimum Gasteiger partial charge on any atom is -0.389 e. The Morgan fingerprint density at radius 1 is 0.885 bits per heavy atom. The van der Waals surface area contributed by atoms with E-state index in [1.807, 2.05) is 0 Å². The molecule has 0 aromatic heterocycles. The molecule has 2 aromatic rings. The molecule has 3 rings (SSSR count). The van der Waals surface area contributed by atoms with Crippen LogP contribution in [0, 0.1) is 13.8 Å². The minimum atomic E-state index is -0.455. The molecular formula is C23H31NO2. The first-order chi connectivity index (χ1) is 12.6. The van der Waals surface area contributed by atoms with Crippen LogP contribution in [-0.2, 0) is 4.74 Å². The number of nitrogens with zero attached hydrogens (tertiary/aromatic N) is 1. The van der Waals surface area contributed by atoms with Crippen molar-refractivity contribution in [1.82, 2.24) is 4.90 Å². The second-order valence-electron chi connectivity index (χ2n) is 7.44. The van der Waals surface area contributed by atoms with Crippen LogP contribution >= 0.6 is 0 Å². The Labute approximate surface area is 157 Å². The van der Waals surface area contributed by atoms with Gasteiger partial charge in [-0.05, 0) is 62.0 Å². The summed E-state index contributed by atoms with van der Waals surface area (Å²) in [7, 11) is 0. The number of piperidine rings is 1. The Kier molecular flexibility index (Phi) is 6.84. The molecule has 0 radical (unpaired) electrons. The molecule has 0 spiro atoms. The lowest BCUT2D eigenvalue weighted by molar-refractivity contribution is -0.0108. The Morgan fingerprint density at radius 2 is 1.42 bits per heavy atom. The van der Waals surface area contributed by atoms with Crippen molar-refractivity contribution in [2.75, 3.05) is 26.2 Å². The van der Waals surface area contributed by atoms with Gasteiger partial charge in [-0.3, -0.25) is 0 Å². The number of β-amino-alcohol motifs (C(OH)–C–C–N with tert-alkyl or cyclic N) is 1. The van der Waals surface area contributed by atoms with E-state index in [1.165, 1.54) is 41.5 Å². The van der Waals surface area contributed by atoms with Crippen LogP contribution in [0.3, 0.4) is 0 Å². The monoisotopic (exact) mass is 353 g/mol. The van der Waals surface area contributed by atoms with Crippen LogP contribution < -0.4 is 0 Å². The Bertz CT molecular complexity index is 649. The molecule has 0 amide bonds.